The van der Waals surface area contributed by atoms with E-state index in [4.69, 9.17) is 4.74 Å². The van der Waals surface area contributed by atoms with Gasteiger partial charge in [-0.2, -0.15) is 5.26 Å². The molecule has 2 saturated heterocycles. The van der Waals surface area contributed by atoms with Gasteiger partial charge in [-0.1, -0.05) is 30.3 Å². The van der Waals surface area contributed by atoms with E-state index in [1.54, 1.807) is 12.1 Å². The largest absolute Gasteiger partial charge is 0.462 e. The Morgan fingerprint density at radius 3 is 2.20 bits per heavy atom. The van der Waals surface area contributed by atoms with Crippen LogP contribution in [0.15, 0.2) is 59.5 Å². The maximum atomic E-state index is 13.1. The molecule has 4 aliphatic rings. The molecule has 0 bridgehead atoms. The van der Waals surface area contributed by atoms with E-state index in [2.05, 4.69) is 15.9 Å². The van der Waals surface area contributed by atoms with Crippen molar-refractivity contribution in [3.8, 4) is 6.07 Å². The molecule has 0 radical (unpaired) electrons. The monoisotopic (exact) mass is 575 g/mol. The van der Waals surface area contributed by atoms with Crippen LogP contribution in [0, 0.1) is 23.2 Å². The maximum Gasteiger partial charge on any atom is 0.308 e. The lowest BCUT2D eigenvalue weighted by molar-refractivity contribution is -0.150. The molecule has 0 spiro atoms. The van der Waals surface area contributed by atoms with Crippen molar-refractivity contribution in [2.24, 2.45) is 11.8 Å². The van der Waals surface area contributed by atoms with Crippen molar-refractivity contribution in [2.75, 3.05) is 37.6 Å². The first-order valence-electron chi connectivity index (χ1n) is 15.3. The van der Waals surface area contributed by atoms with Crippen LogP contribution in [0.3, 0.4) is 0 Å². The average molecular weight is 576 g/mol. The summed E-state index contributed by atoms with van der Waals surface area (Å²) in [6, 6.07) is 19.9. The molecule has 2 aliphatic carbocycles. The molecule has 0 aromatic heterocycles. The second-order valence-electron chi connectivity index (χ2n) is 12.6. The Morgan fingerprint density at radius 1 is 0.927 bits per heavy atom. The molecule has 0 N–H and O–H groups in total. The lowest BCUT2D eigenvalue weighted by Gasteiger charge is -2.46. The normalized spacial score (nSPS) is 22.6. The predicted octanol–water partition coefficient (Wildman–Crippen LogP) is 5.11. The fraction of sp³-hybridized carbons (Fsp3) is 0.576. The molecule has 7 nitrogen and oxygen atoms in total. The van der Waals surface area contributed by atoms with Gasteiger partial charge < -0.3 is 14.5 Å². The molecule has 2 aromatic rings. The number of nitriles is 1. The van der Waals surface area contributed by atoms with Crippen LogP contribution in [-0.4, -0.2) is 63.4 Å². The van der Waals surface area contributed by atoms with Gasteiger partial charge in [0.05, 0.1) is 28.1 Å². The van der Waals surface area contributed by atoms with E-state index in [9.17, 15) is 18.5 Å². The van der Waals surface area contributed by atoms with Crippen molar-refractivity contribution >= 4 is 21.5 Å². The highest BCUT2D eigenvalue weighted by Gasteiger charge is 2.45. The van der Waals surface area contributed by atoms with Crippen molar-refractivity contribution in [1.82, 2.24) is 4.90 Å². The number of rotatable bonds is 10. The molecule has 2 saturated carbocycles. The number of anilines is 1. The second kappa shape index (κ2) is 11.8. The van der Waals surface area contributed by atoms with Crippen molar-refractivity contribution in [3.05, 3.63) is 60.2 Å². The van der Waals surface area contributed by atoms with Crippen LogP contribution in [0.1, 0.15) is 63.4 Å². The van der Waals surface area contributed by atoms with Gasteiger partial charge in [-0.3, -0.25) is 4.79 Å². The number of nitrogens with zero attached hydrogens (tertiary/aromatic N) is 3. The average Bonchev–Trinajstić information content (AvgIpc) is 3.73. The molecule has 1 atom stereocenters. The van der Waals surface area contributed by atoms with Gasteiger partial charge in [0.1, 0.15) is 6.10 Å². The summed E-state index contributed by atoms with van der Waals surface area (Å²) in [5.74, 6) is 0.431. The Hall–Kier alpha value is -2.89. The molecule has 218 valence electrons. The van der Waals surface area contributed by atoms with E-state index >= 15 is 0 Å². The van der Waals surface area contributed by atoms with Gasteiger partial charge in [0.2, 0.25) is 0 Å². The van der Waals surface area contributed by atoms with Crippen LogP contribution >= 0.6 is 0 Å². The molecule has 8 heteroatoms. The number of benzene rings is 2. The van der Waals surface area contributed by atoms with Gasteiger partial charge in [0.25, 0.3) is 0 Å². The number of carbonyl (C=O) groups excluding carboxylic acids is 1. The topological polar surface area (TPSA) is 90.7 Å². The Bertz CT molecular complexity index is 1350. The number of hydrogen-bond acceptors (Lipinski definition) is 7. The van der Waals surface area contributed by atoms with E-state index in [1.165, 1.54) is 0 Å². The molecular weight excluding hydrogens is 534 g/mol. The number of sulfone groups is 1. The molecule has 0 unspecified atom stereocenters. The van der Waals surface area contributed by atoms with Gasteiger partial charge in [0, 0.05) is 31.2 Å². The minimum Gasteiger partial charge on any atom is -0.462 e. The third kappa shape index (κ3) is 6.03. The van der Waals surface area contributed by atoms with Crippen LogP contribution in [0.5, 0.6) is 0 Å². The molecule has 2 aliphatic heterocycles. The summed E-state index contributed by atoms with van der Waals surface area (Å²) in [5.41, 5.74) is 1.14. The molecule has 0 amide bonds. The summed E-state index contributed by atoms with van der Waals surface area (Å²) >= 11 is 0. The second-order valence-corrected chi connectivity index (χ2v) is 14.8. The highest BCUT2D eigenvalue weighted by molar-refractivity contribution is 7.92. The molecule has 41 heavy (non-hydrogen) atoms. The van der Waals surface area contributed by atoms with E-state index in [-0.39, 0.29) is 29.7 Å². The smallest absolute Gasteiger partial charge is 0.308 e. The van der Waals surface area contributed by atoms with Gasteiger partial charge in [-0.05, 0) is 100 Å². The minimum atomic E-state index is -3.15. The number of likely N-dealkylation sites (tertiary alicyclic amines) is 1. The molecule has 4 fully saturated rings. The third-order valence-electron chi connectivity index (χ3n) is 9.76. The maximum absolute atomic E-state index is 13.1. The number of esters is 1. The first kappa shape index (κ1) is 28.2. The zero-order chi connectivity index (χ0) is 28.5. The van der Waals surface area contributed by atoms with Crippen molar-refractivity contribution < 1.29 is 17.9 Å². The molecular formula is C33H41N3O4S. The first-order valence-corrected chi connectivity index (χ1v) is 16.9. The van der Waals surface area contributed by atoms with Crippen LogP contribution in [0.4, 0.5) is 5.69 Å². The minimum absolute atomic E-state index is 0.00673. The van der Waals surface area contributed by atoms with Crippen LogP contribution in [0.25, 0.3) is 0 Å². The summed E-state index contributed by atoms with van der Waals surface area (Å²) in [6.07, 6.45) is 7.53. The number of carbonyl (C=O) groups is 1. The molecule has 2 heterocycles. The lowest BCUT2D eigenvalue weighted by Crippen LogP contribution is -2.53. The SMILES string of the molecule is N#C[C@](CC(=O)OC1CCCC1)(c1ccccc1)C1CCN(CC2CN(c3ccc(S(=O)(=O)C4CC4)cc3)C2)CC1. The Kier molecular flexibility index (Phi) is 8.11. The standard InChI is InChI=1S/C33H41N3O4S/c34-24-33(26-6-2-1-3-7-26,20-32(37)40-29-8-4-5-9-29)27-16-18-35(19-17-27)21-25-22-36(23-25)28-10-12-30(13-11-28)41(38,39)31-14-15-31/h1-3,6-7,10-13,25,27,29,31H,4-5,8-9,14-23H2/t33-/m1/s1. The number of piperidine rings is 1. The summed E-state index contributed by atoms with van der Waals surface area (Å²) in [4.78, 5) is 18.3. The Labute approximate surface area is 244 Å². The summed E-state index contributed by atoms with van der Waals surface area (Å²) < 4.78 is 30.8. The van der Waals surface area contributed by atoms with Crippen LogP contribution < -0.4 is 4.90 Å². The van der Waals surface area contributed by atoms with Gasteiger partial charge in [0.15, 0.2) is 9.84 Å². The Balaban J connectivity index is 1.03. The zero-order valence-corrected chi connectivity index (χ0v) is 24.6. The summed E-state index contributed by atoms with van der Waals surface area (Å²) in [5, 5.41) is 10.4. The van der Waals surface area contributed by atoms with Gasteiger partial charge in [-0.25, -0.2) is 8.42 Å². The number of hydrogen-bond donors (Lipinski definition) is 0. The van der Waals surface area contributed by atoms with Gasteiger partial charge >= 0.3 is 5.97 Å². The highest BCUT2D eigenvalue weighted by atomic mass is 32.2. The fourth-order valence-corrected chi connectivity index (χ4v) is 8.82. The summed E-state index contributed by atoms with van der Waals surface area (Å²) in [6.45, 7) is 4.79. The van der Waals surface area contributed by atoms with Crippen molar-refractivity contribution in [2.45, 2.75) is 79.5 Å². The van der Waals surface area contributed by atoms with Crippen LogP contribution in [-0.2, 0) is 24.8 Å². The first-order chi connectivity index (χ1) is 19.9. The molecule has 6 rings (SSSR count). The lowest BCUT2D eigenvalue weighted by atomic mass is 9.65. The quantitative estimate of drug-likeness (QED) is 0.364. The zero-order valence-electron chi connectivity index (χ0n) is 23.8. The summed E-state index contributed by atoms with van der Waals surface area (Å²) in [7, 11) is -3.15. The van der Waals surface area contributed by atoms with E-state index in [1.807, 2.05) is 42.5 Å². The van der Waals surface area contributed by atoms with Crippen molar-refractivity contribution in [1.29, 1.82) is 5.26 Å². The van der Waals surface area contributed by atoms with E-state index in [0.717, 1.165) is 95.3 Å². The third-order valence-corrected chi connectivity index (χ3v) is 12.0. The number of ether oxygens (including phenoxy) is 1. The van der Waals surface area contributed by atoms with Gasteiger partial charge in [-0.15, -0.1) is 0 Å². The highest BCUT2D eigenvalue weighted by Crippen LogP contribution is 2.42. The van der Waals surface area contributed by atoms with Crippen LogP contribution in [0.2, 0.25) is 0 Å². The molecule has 2 aromatic carbocycles. The van der Waals surface area contributed by atoms with E-state index < -0.39 is 15.3 Å². The fourth-order valence-electron chi connectivity index (χ4n) is 7.16. The predicted molar refractivity (Wildman–Crippen MR) is 158 cm³/mol. The van der Waals surface area contributed by atoms with Crippen molar-refractivity contribution in [3.63, 3.8) is 0 Å². The van der Waals surface area contributed by atoms with E-state index in [0.29, 0.717) is 10.8 Å². The Morgan fingerprint density at radius 2 is 1.59 bits per heavy atom.